The van der Waals surface area contributed by atoms with Crippen LogP contribution in [0.3, 0.4) is 0 Å². The quantitative estimate of drug-likeness (QED) is 0.837. The molecule has 1 aliphatic carbocycles. The van der Waals surface area contributed by atoms with Crippen molar-refractivity contribution in [2.45, 2.75) is 58.5 Å². The van der Waals surface area contributed by atoms with Crippen LogP contribution in [0.25, 0.3) is 0 Å². The summed E-state index contributed by atoms with van der Waals surface area (Å²) >= 11 is 0. The van der Waals surface area contributed by atoms with Crippen LogP contribution < -0.4 is 5.32 Å². The van der Waals surface area contributed by atoms with E-state index in [4.69, 9.17) is 4.74 Å². The van der Waals surface area contributed by atoms with Crippen LogP contribution in [0.5, 0.6) is 0 Å². The molecule has 1 fully saturated rings. The summed E-state index contributed by atoms with van der Waals surface area (Å²) in [5.41, 5.74) is 3.41. The zero-order valence-electron chi connectivity index (χ0n) is 12.7. The van der Waals surface area contributed by atoms with Gasteiger partial charge in [0.2, 0.25) is 0 Å². The van der Waals surface area contributed by atoms with Gasteiger partial charge in [-0.1, -0.05) is 36.6 Å². The van der Waals surface area contributed by atoms with Crippen molar-refractivity contribution < 1.29 is 9.53 Å². The fraction of sp³-hybridized carbons (Fsp3) is 0.588. The third-order valence-electron chi connectivity index (χ3n) is 4.02. The zero-order chi connectivity index (χ0) is 14.5. The molecular formula is C17H25NO2. The van der Waals surface area contributed by atoms with Gasteiger partial charge in [-0.05, 0) is 44.7 Å². The molecule has 1 aromatic rings. The normalized spacial score (nSPS) is 17.1. The SMILES string of the molecule is CCOC(=O)C(NC1CCCC1)c1ccc(C)cc1C. The number of hydrogen-bond acceptors (Lipinski definition) is 3. The lowest BCUT2D eigenvalue weighted by atomic mass is 9.98. The van der Waals surface area contributed by atoms with E-state index in [0.29, 0.717) is 12.6 Å². The average Bonchev–Trinajstić information content (AvgIpc) is 2.90. The van der Waals surface area contributed by atoms with Gasteiger partial charge in [-0.2, -0.15) is 0 Å². The lowest BCUT2D eigenvalue weighted by Crippen LogP contribution is -2.37. The van der Waals surface area contributed by atoms with Crippen LogP contribution in [-0.2, 0) is 9.53 Å². The van der Waals surface area contributed by atoms with E-state index in [0.717, 1.165) is 24.0 Å². The molecule has 0 saturated heterocycles. The van der Waals surface area contributed by atoms with Crippen LogP contribution in [-0.4, -0.2) is 18.6 Å². The van der Waals surface area contributed by atoms with Crippen molar-refractivity contribution in [3.8, 4) is 0 Å². The maximum atomic E-state index is 12.3. The van der Waals surface area contributed by atoms with Crippen molar-refractivity contribution >= 4 is 5.97 Å². The van der Waals surface area contributed by atoms with Crippen molar-refractivity contribution in [3.63, 3.8) is 0 Å². The molecule has 0 heterocycles. The number of aryl methyl sites for hydroxylation is 2. The fourth-order valence-corrected chi connectivity index (χ4v) is 2.99. The topological polar surface area (TPSA) is 38.3 Å². The Bertz CT molecular complexity index is 464. The van der Waals surface area contributed by atoms with E-state index >= 15 is 0 Å². The Morgan fingerprint density at radius 2 is 2.05 bits per heavy atom. The van der Waals surface area contributed by atoms with Crippen LogP contribution in [0.4, 0.5) is 0 Å². The molecular weight excluding hydrogens is 250 g/mol. The predicted molar refractivity (Wildman–Crippen MR) is 80.7 cm³/mol. The number of esters is 1. The number of hydrogen-bond donors (Lipinski definition) is 1. The largest absolute Gasteiger partial charge is 0.465 e. The van der Waals surface area contributed by atoms with E-state index in [1.807, 2.05) is 13.0 Å². The molecule has 0 radical (unpaired) electrons. The van der Waals surface area contributed by atoms with Crippen LogP contribution >= 0.6 is 0 Å². The van der Waals surface area contributed by atoms with Crippen molar-refractivity contribution in [1.29, 1.82) is 0 Å². The highest BCUT2D eigenvalue weighted by Gasteiger charge is 2.27. The van der Waals surface area contributed by atoms with E-state index in [9.17, 15) is 4.79 Å². The first kappa shape index (κ1) is 15.0. The summed E-state index contributed by atoms with van der Waals surface area (Å²) in [4.78, 5) is 12.3. The minimum Gasteiger partial charge on any atom is -0.465 e. The van der Waals surface area contributed by atoms with Crippen molar-refractivity contribution in [1.82, 2.24) is 5.32 Å². The van der Waals surface area contributed by atoms with Gasteiger partial charge in [0.05, 0.1) is 6.61 Å². The van der Waals surface area contributed by atoms with Gasteiger partial charge in [0.15, 0.2) is 0 Å². The molecule has 110 valence electrons. The molecule has 1 N–H and O–H groups in total. The summed E-state index contributed by atoms with van der Waals surface area (Å²) in [7, 11) is 0. The molecule has 0 aromatic heterocycles. The minimum absolute atomic E-state index is 0.161. The molecule has 2 rings (SSSR count). The first-order chi connectivity index (χ1) is 9.61. The number of ether oxygens (including phenoxy) is 1. The molecule has 0 aliphatic heterocycles. The first-order valence-corrected chi connectivity index (χ1v) is 7.61. The first-order valence-electron chi connectivity index (χ1n) is 7.61. The molecule has 1 unspecified atom stereocenters. The second kappa shape index (κ2) is 6.89. The third-order valence-corrected chi connectivity index (χ3v) is 4.02. The maximum Gasteiger partial charge on any atom is 0.327 e. The Kier molecular flexibility index (Phi) is 5.18. The van der Waals surface area contributed by atoms with E-state index in [2.05, 4.69) is 31.3 Å². The molecule has 3 heteroatoms. The summed E-state index contributed by atoms with van der Waals surface area (Å²) in [6.45, 7) is 6.41. The van der Waals surface area contributed by atoms with Crippen LogP contribution in [0, 0.1) is 13.8 Å². The van der Waals surface area contributed by atoms with Gasteiger partial charge in [-0.25, -0.2) is 4.79 Å². The van der Waals surface area contributed by atoms with E-state index < -0.39 is 0 Å². The summed E-state index contributed by atoms with van der Waals surface area (Å²) in [6.07, 6.45) is 4.81. The number of carbonyl (C=O) groups is 1. The molecule has 20 heavy (non-hydrogen) atoms. The molecule has 1 aromatic carbocycles. The maximum absolute atomic E-state index is 12.3. The molecule has 1 aliphatic rings. The molecule has 0 bridgehead atoms. The molecule has 0 amide bonds. The second-order valence-corrected chi connectivity index (χ2v) is 5.69. The van der Waals surface area contributed by atoms with Gasteiger partial charge >= 0.3 is 5.97 Å². The highest BCUT2D eigenvalue weighted by atomic mass is 16.5. The van der Waals surface area contributed by atoms with Gasteiger partial charge in [-0.15, -0.1) is 0 Å². The van der Waals surface area contributed by atoms with E-state index in [1.54, 1.807) is 0 Å². The van der Waals surface area contributed by atoms with Crippen LogP contribution in [0.1, 0.15) is 55.3 Å². The van der Waals surface area contributed by atoms with Crippen molar-refractivity contribution in [2.24, 2.45) is 0 Å². The lowest BCUT2D eigenvalue weighted by Gasteiger charge is -2.23. The number of carbonyl (C=O) groups excluding carboxylic acids is 1. The van der Waals surface area contributed by atoms with Gasteiger partial charge in [-0.3, -0.25) is 5.32 Å². The lowest BCUT2D eigenvalue weighted by molar-refractivity contribution is -0.146. The summed E-state index contributed by atoms with van der Waals surface area (Å²) in [5.74, 6) is -0.161. The van der Waals surface area contributed by atoms with E-state index in [1.165, 1.54) is 18.4 Å². The molecule has 3 nitrogen and oxygen atoms in total. The Balaban J connectivity index is 2.22. The van der Waals surface area contributed by atoms with E-state index in [-0.39, 0.29) is 12.0 Å². The monoisotopic (exact) mass is 275 g/mol. The summed E-state index contributed by atoms with van der Waals surface area (Å²) < 4.78 is 5.25. The summed E-state index contributed by atoms with van der Waals surface area (Å²) in [6, 6.07) is 6.33. The van der Waals surface area contributed by atoms with Gasteiger partial charge in [0, 0.05) is 6.04 Å². The third kappa shape index (κ3) is 3.60. The number of nitrogens with one attached hydrogen (secondary N) is 1. The van der Waals surface area contributed by atoms with Crippen molar-refractivity contribution in [3.05, 3.63) is 34.9 Å². The fourth-order valence-electron chi connectivity index (χ4n) is 2.99. The van der Waals surface area contributed by atoms with Gasteiger partial charge in [0.25, 0.3) is 0 Å². The Morgan fingerprint density at radius 1 is 1.35 bits per heavy atom. The van der Waals surface area contributed by atoms with Gasteiger partial charge < -0.3 is 4.74 Å². The predicted octanol–water partition coefficient (Wildman–Crippen LogP) is 3.44. The highest BCUT2D eigenvalue weighted by Crippen LogP contribution is 2.25. The zero-order valence-corrected chi connectivity index (χ0v) is 12.7. The smallest absolute Gasteiger partial charge is 0.327 e. The van der Waals surface area contributed by atoms with Crippen LogP contribution in [0.15, 0.2) is 18.2 Å². The average molecular weight is 275 g/mol. The number of benzene rings is 1. The molecule has 1 saturated carbocycles. The minimum atomic E-state index is -0.335. The summed E-state index contributed by atoms with van der Waals surface area (Å²) in [5, 5.41) is 3.50. The van der Waals surface area contributed by atoms with Crippen LogP contribution in [0.2, 0.25) is 0 Å². The Labute approximate surface area is 121 Å². The number of rotatable bonds is 5. The van der Waals surface area contributed by atoms with Gasteiger partial charge in [0.1, 0.15) is 6.04 Å². The standard InChI is InChI=1S/C17H25NO2/c1-4-20-17(19)16(18-14-7-5-6-8-14)15-10-9-12(2)11-13(15)3/h9-11,14,16,18H,4-8H2,1-3H3. The highest BCUT2D eigenvalue weighted by molar-refractivity contribution is 5.78. The van der Waals surface area contributed by atoms with Crippen molar-refractivity contribution in [2.75, 3.05) is 6.61 Å². The Hall–Kier alpha value is -1.35. The second-order valence-electron chi connectivity index (χ2n) is 5.69. The molecule has 0 spiro atoms. The Morgan fingerprint density at radius 3 is 2.65 bits per heavy atom. The molecule has 1 atom stereocenters.